The van der Waals surface area contributed by atoms with Gasteiger partial charge in [0.25, 0.3) is 0 Å². The molecule has 0 spiro atoms. The van der Waals surface area contributed by atoms with E-state index in [2.05, 4.69) is 0 Å². The van der Waals surface area contributed by atoms with Crippen molar-refractivity contribution < 1.29 is 35.8 Å². The highest BCUT2D eigenvalue weighted by molar-refractivity contribution is 5.67. The minimum Gasteiger partial charge on any atom is -0.508 e. The van der Waals surface area contributed by atoms with Crippen LogP contribution in [0.4, 0.5) is 30.7 Å². The summed E-state index contributed by atoms with van der Waals surface area (Å²) in [5.74, 6) is -16.1. The first-order valence-electron chi connectivity index (χ1n) is 4.95. The molecule has 0 fully saturated rings. The Morgan fingerprint density at radius 3 is 1.30 bits per heavy atom. The average Bonchev–Trinajstić information content (AvgIpc) is 2.37. The molecule has 0 atom stereocenters. The lowest BCUT2D eigenvalue weighted by Gasteiger charge is -2.10. The Labute approximate surface area is 106 Å². The summed E-state index contributed by atoms with van der Waals surface area (Å²) in [6.45, 7) is 0. The van der Waals surface area contributed by atoms with Crippen molar-refractivity contribution in [1.82, 2.24) is 0 Å². The molecule has 0 radical (unpaired) electrons. The van der Waals surface area contributed by atoms with Crippen LogP contribution in [0, 0.1) is 40.7 Å². The molecule has 1 N–H and O–H groups in total. The van der Waals surface area contributed by atoms with Crippen LogP contribution in [-0.4, -0.2) is 5.11 Å². The molecular weight excluding hydrogens is 293 g/mol. The van der Waals surface area contributed by atoms with Crippen molar-refractivity contribution in [3.8, 4) is 16.9 Å². The summed E-state index contributed by atoms with van der Waals surface area (Å²) in [5.41, 5.74) is -3.20. The van der Waals surface area contributed by atoms with Gasteiger partial charge in [0, 0.05) is 12.1 Å². The van der Waals surface area contributed by atoms with E-state index >= 15 is 0 Å². The molecule has 1 nitrogen and oxygen atoms in total. The zero-order valence-corrected chi connectivity index (χ0v) is 9.25. The Kier molecular flexibility index (Phi) is 3.33. The molecule has 0 aromatic heterocycles. The van der Waals surface area contributed by atoms with Gasteiger partial charge in [-0.15, -0.1) is 0 Å². The lowest BCUT2D eigenvalue weighted by atomic mass is 10.0. The summed E-state index contributed by atoms with van der Waals surface area (Å²) >= 11 is 0. The van der Waals surface area contributed by atoms with Crippen LogP contribution in [0.3, 0.4) is 0 Å². The van der Waals surface area contributed by atoms with E-state index in [0.717, 1.165) is 0 Å². The van der Waals surface area contributed by atoms with Crippen LogP contribution in [-0.2, 0) is 0 Å². The first-order valence-corrected chi connectivity index (χ1v) is 4.95. The zero-order valence-electron chi connectivity index (χ0n) is 9.25. The third kappa shape index (κ3) is 1.97. The molecule has 0 amide bonds. The van der Waals surface area contributed by atoms with Crippen molar-refractivity contribution in [3.05, 3.63) is 52.9 Å². The lowest BCUT2D eigenvalue weighted by Crippen LogP contribution is -2.06. The smallest absolute Gasteiger partial charge is 0.200 e. The average molecular weight is 296 g/mol. The van der Waals surface area contributed by atoms with Crippen LogP contribution in [0.25, 0.3) is 11.1 Å². The highest BCUT2D eigenvalue weighted by Crippen LogP contribution is 2.35. The van der Waals surface area contributed by atoms with Crippen molar-refractivity contribution in [2.75, 3.05) is 0 Å². The van der Waals surface area contributed by atoms with E-state index in [1.54, 1.807) is 0 Å². The molecule has 0 heterocycles. The predicted octanol–water partition coefficient (Wildman–Crippen LogP) is 4.03. The topological polar surface area (TPSA) is 20.2 Å². The Balaban J connectivity index is 2.91. The molecule has 2 rings (SSSR count). The van der Waals surface area contributed by atoms with Gasteiger partial charge in [0.05, 0.1) is 11.1 Å². The van der Waals surface area contributed by atoms with E-state index in [1.807, 2.05) is 0 Å². The number of benzene rings is 2. The first kappa shape index (κ1) is 14.2. The molecule has 0 saturated carbocycles. The molecule has 0 saturated heterocycles. The number of halogens is 7. The zero-order chi connectivity index (χ0) is 15.2. The van der Waals surface area contributed by atoms with E-state index in [1.165, 1.54) is 0 Å². The quantitative estimate of drug-likeness (QED) is 0.478. The second-order valence-corrected chi connectivity index (χ2v) is 3.73. The number of phenolic OH excluding ortho intramolecular Hbond substituents is 1. The molecule has 2 aromatic rings. The van der Waals surface area contributed by atoms with Gasteiger partial charge in [-0.1, -0.05) is 0 Å². The summed E-state index contributed by atoms with van der Waals surface area (Å²) < 4.78 is 92.5. The molecule has 0 aliphatic heterocycles. The standard InChI is InChI=1S/C12H3F7O/c13-4-1-3(20)2-5(14)6(4)7-8(15)10(17)12(19)11(18)9(7)16/h1-2,20H. The van der Waals surface area contributed by atoms with E-state index in [9.17, 15) is 30.7 Å². The largest absolute Gasteiger partial charge is 0.508 e. The fourth-order valence-electron chi connectivity index (χ4n) is 1.62. The van der Waals surface area contributed by atoms with Gasteiger partial charge in [-0.25, -0.2) is 30.7 Å². The second kappa shape index (κ2) is 4.69. The SMILES string of the molecule is Oc1cc(F)c(-c2c(F)c(F)c(F)c(F)c2F)c(F)c1. The van der Waals surface area contributed by atoms with Gasteiger partial charge in [-0.05, 0) is 0 Å². The van der Waals surface area contributed by atoms with Gasteiger partial charge in [0.2, 0.25) is 5.82 Å². The minimum atomic E-state index is -2.44. The molecule has 0 unspecified atom stereocenters. The van der Waals surface area contributed by atoms with E-state index < -0.39 is 57.6 Å². The third-order valence-corrected chi connectivity index (χ3v) is 2.49. The number of hydrogen-bond acceptors (Lipinski definition) is 1. The molecular formula is C12H3F7O. The van der Waals surface area contributed by atoms with Crippen LogP contribution >= 0.6 is 0 Å². The van der Waals surface area contributed by atoms with Crippen molar-refractivity contribution in [2.24, 2.45) is 0 Å². The number of rotatable bonds is 1. The van der Waals surface area contributed by atoms with Gasteiger partial charge >= 0.3 is 0 Å². The minimum absolute atomic E-state index is 0.274. The number of hydrogen-bond donors (Lipinski definition) is 1. The van der Waals surface area contributed by atoms with Crippen LogP contribution in [0.1, 0.15) is 0 Å². The molecule has 8 heteroatoms. The van der Waals surface area contributed by atoms with E-state index in [4.69, 9.17) is 5.11 Å². The molecule has 0 aliphatic carbocycles. The number of aromatic hydroxyl groups is 1. The molecule has 0 bridgehead atoms. The second-order valence-electron chi connectivity index (χ2n) is 3.73. The van der Waals surface area contributed by atoms with Gasteiger partial charge in [-0.3, -0.25) is 0 Å². The van der Waals surface area contributed by atoms with E-state index in [-0.39, 0.29) is 12.1 Å². The Bertz CT molecular complexity index is 659. The third-order valence-electron chi connectivity index (χ3n) is 2.49. The summed E-state index contributed by atoms with van der Waals surface area (Å²) in [7, 11) is 0. The molecule has 2 aromatic carbocycles. The van der Waals surface area contributed by atoms with Crippen molar-refractivity contribution in [2.45, 2.75) is 0 Å². The lowest BCUT2D eigenvalue weighted by molar-refractivity contribution is 0.380. The Hall–Kier alpha value is -2.25. The Morgan fingerprint density at radius 1 is 0.550 bits per heavy atom. The summed E-state index contributed by atoms with van der Waals surface area (Å²) in [4.78, 5) is 0. The maximum Gasteiger partial charge on any atom is 0.200 e. The first-order chi connectivity index (χ1) is 9.25. The van der Waals surface area contributed by atoms with Crippen LogP contribution in [0.5, 0.6) is 5.75 Å². The summed E-state index contributed by atoms with van der Waals surface area (Å²) in [6.07, 6.45) is 0. The fraction of sp³-hybridized carbons (Fsp3) is 0. The highest BCUT2D eigenvalue weighted by Gasteiger charge is 2.30. The van der Waals surface area contributed by atoms with Crippen molar-refractivity contribution in [1.29, 1.82) is 0 Å². The fourth-order valence-corrected chi connectivity index (χ4v) is 1.62. The molecule has 20 heavy (non-hydrogen) atoms. The summed E-state index contributed by atoms with van der Waals surface area (Å²) in [6, 6.07) is 0.549. The highest BCUT2D eigenvalue weighted by atomic mass is 19.2. The van der Waals surface area contributed by atoms with Gasteiger partial charge in [0.1, 0.15) is 17.4 Å². The van der Waals surface area contributed by atoms with Crippen LogP contribution < -0.4 is 0 Å². The van der Waals surface area contributed by atoms with Crippen molar-refractivity contribution >= 4 is 0 Å². The maximum absolute atomic E-state index is 13.4. The van der Waals surface area contributed by atoms with Gasteiger partial charge in [0.15, 0.2) is 23.3 Å². The Morgan fingerprint density at radius 2 is 0.900 bits per heavy atom. The summed E-state index contributed by atoms with van der Waals surface area (Å²) in [5, 5.41) is 8.88. The van der Waals surface area contributed by atoms with Gasteiger partial charge < -0.3 is 5.11 Å². The maximum atomic E-state index is 13.4. The normalized spacial score (nSPS) is 10.9. The van der Waals surface area contributed by atoms with Gasteiger partial charge in [-0.2, -0.15) is 0 Å². The molecule has 106 valence electrons. The van der Waals surface area contributed by atoms with Crippen LogP contribution in [0.15, 0.2) is 12.1 Å². The van der Waals surface area contributed by atoms with Crippen LogP contribution in [0.2, 0.25) is 0 Å². The monoisotopic (exact) mass is 296 g/mol. The molecule has 0 aliphatic rings. The van der Waals surface area contributed by atoms with Crippen molar-refractivity contribution in [3.63, 3.8) is 0 Å². The van der Waals surface area contributed by atoms with E-state index in [0.29, 0.717) is 0 Å². The predicted molar refractivity (Wildman–Crippen MR) is 53.2 cm³/mol. The number of phenols is 1.